The Kier molecular flexibility index (Phi) is 8.49. The lowest BCUT2D eigenvalue weighted by Gasteiger charge is -2.33. The van der Waals surface area contributed by atoms with E-state index in [1.54, 1.807) is 17.6 Å². The predicted octanol–water partition coefficient (Wildman–Crippen LogP) is 2.75. The smallest absolute Gasteiger partial charge is 0.290 e. The number of hydrogen-bond donors (Lipinski definition) is 3. The third-order valence-corrected chi connectivity index (χ3v) is 6.01. The molecule has 11 heteroatoms. The van der Waals surface area contributed by atoms with E-state index in [0.29, 0.717) is 18.4 Å². The van der Waals surface area contributed by atoms with E-state index in [-0.39, 0.29) is 34.8 Å². The summed E-state index contributed by atoms with van der Waals surface area (Å²) in [7, 11) is 4.26. The number of carbonyl (C=O) groups is 3. The molecule has 3 rings (SSSR count). The minimum Gasteiger partial charge on any atom is -0.503 e. The van der Waals surface area contributed by atoms with Gasteiger partial charge < -0.3 is 24.2 Å². The summed E-state index contributed by atoms with van der Waals surface area (Å²) in [6.45, 7) is 1.91. The number of nitrogens with zero attached hydrogens (tertiary/aromatic N) is 2. The van der Waals surface area contributed by atoms with E-state index in [1.807, 2.05) is 6.92 Å². The largest absolute Gasteiger partial charge is 0.503 e. The number of methoxy groups -OCH3 is 3. The van der Waals surface area contributed by atoms with Gasteiger partial charge in [0.2, 0.25) is 5.75 Å². The third kappa shape index (κ3) is 4.82. The SMILES string of the molecule is CCCCC(C(=O)NO)N1C(=O)C(O)=C(C(=O)c2ccncc2)C1c1cc(OC)c(OC)c(OC)c1. The van der Waals surface area contributed by atoms with Crippen molar-refractivity contribution in [2.45, 2.75) is 38.3 Å². The molecule has 0 saturated carbocycles. The van der Waals surface area contributed by atoms with Gasteiger partial charge in [-0.1, -0.05) is 19.8 Å². The number of ketones is 1. The molecular formula is C25H29N3O8. The molecule has 0 bridgehead atoms. The Balaban J connectivity index is 2.28. The van der Waals surface area contributed by atoms with Crippen LogP contribution in [0.15, 0.2) is 48.0 Å². The van der Waals surface area contributed by atoms with Crippen LogP contribution in [0.25, 0.3) is 0 Å². The van der Waals surface area contributed by atoms with Crippen molar-refractivity contribution in [2.24, 2.45) is 0 Å². The second kappa shape index (κ2) is 11.5. The number of Topliss-reactive ketones (excluding diaryl/α,β-unsaturated/α-hetero) is 1. The molecule has 192 valence electrons. The average Bonchev–Trinajstić information content (AvgIpc) is 3.17. The number of unbranched alkanes of at least 4 members (excludes halogenated alkanes) is 1. The minimum atomic E-state index is -1.20. The number of rotatable bonds is 11. The molecular weight excluding hydrogens is 470 g/mol. The fourth-order valence-electron chi connectivity index (χ4n) is 4.29. The number of carbonyl (C=O) groups excluding carboxylic acids is 3. The minimum absolute atomic E-state index is 0.180. The maximum Gasteiger partial charge on any atom is 0.290 e. The van der Waals surface area contributed by atoms with Crippen molar-refractivity contribution in [2.75, 3.05) is 21.3 Å². The Morgan fingerprint density at radius 1 is 1.11 bits per heavy atom. The molecule has 3 N–H and O–H groups in total. The zero-order valence-corrected chi connectivity index (χ0v) is 20.5. The molecule has 0 fully saturated rings. The molecule has 1 aliphatic rings. The first kappa shape index (κ1) is 26.5. The van der Waals surface area contributed by atoms with Crippen LogP contribution in [-0.2, 0) is 9.59 Å². The van der Waals surface area contributed by atoms with Crippen LogP contribution >= 0.6 is 0 Å². The molecule has 2 atom stereocenters. The summed E-state index contributed by atoms with van der Waals surface area (Å²) in [5, 5.41) is 20.4. The Bertz CT molecular complexity index is 1140. The van der Waals surface area contributed by atoms with Crippen molar-refractivity contribution < 1.29 is 38.9 Å². The van der Waals surface area contributed by atoms with Crippen LogP contribution in [0.3, 0.4) is 0 Å². The molecule has 11 nitrogen and oxygen atoms in total. The zero-order chi connectivity index (χ0) is 26.4. The van der Waals surface area contributed by atoms with Gasteiger partial charge in [-0.2, -0.15) is 0 Å². The Hall–Kier alpha value is -4.12. The highest BCUT2D eigenvalue weighted by Crippen LogP contribution is 2.46. The maximum atomic E-state index is 13.6. The summed E-state index contributed by atoms with van der Waals surface area (Å²) in [6.07, 6.45) is 4.25. The highest BCUT2D eigenvalue weighted by atomic mass is 16.5. The molecule has 36 heavy (non-hydrogen) atoms. The van der Waals surface area contributed by atoms with Crippen molar-refractivity contribution in [1.82, 2.24) is 15.4 Å². The van der Waals surface area contributed by atoms with Crippen LogP contribution in [0.1, 0.15) is 48.1 Å². The van der Waals surface area contributed by atoms with Crippen LogP contribution in [0.4, 0.5) is 0 Å². The lowest BCUT2D eigenvalue weighted by molar-refractivity contribution is -0.144. The van der Waals surface area contributed by atoms with Crippen LogP contribution < -0.4 is 19.7 Å². The molecule has 1 aromatic heterocycles. The number of hydroxylamine groups is 1. The Morgan fingerprint density at radius 3 is 2.22 bits per heavy atom. The maximum absolute atomic E-state index is 13.6. The highest BCUT2D eigenvalue weighted by molar-refractivity contribution is 6.16. The first-order valence-electron chi connectivity index (χ1n) is 11.3. The summed E-state index contributed by atoms with van der Waals surface area (Å²) in [6, 6.07) is 3.60. The molecule has 0 radical (unpaired) electrons. The lowest BCUT2D eigenvalue weighted by Crippen LogP contribution is -2.49. The number of benzene rings is 1. The molecule has 2 aromatic rings. The molecule has 0 aliphatic carbocycles. The van der Waals surface area contributed by atoms with E-state index in [2.05, 4.69) is 4.98 Å². The average molecular weight is 500 g/mol. The summed E-state index contributed by atoms with van der Waals surface area (Å²) < 4.78 is 16.3. The second-order valence-electron chi connectivity index (χ2n) is 8.04. The summed E-state index contributed by atoms with van der Waals surface area (Å²) in [5.41, 5.74) is 1.89. The van der Waals surface area contributed by atoms with Gasteiger partial charge in [-0.05, 0) is 36.2 Å². The van der Waals surface area contributed by atoms with Crippen molar-refractivity contribution in [3.63, 3.8) is 0 Å². The molecule has 1 aliphatic heterocycles. The zero-order valence-electron chi connectivity index (χ0n) is 20.5. The van der Waals surface area contributed by atoms with Crippen LogP contribution in [-0.4, -0.2) is 65.2 Å². The number of aromatic nitrogens is 1. The van der Waals surface area contributed by atoms with Crippen molar-refractivity contribution in [3.05, 3.63) is 59.1 Å². The van der Waals surface area contributed by atoms with E-state index in [4.69, 9.17) is 14.2 Å². The molecule has 2 amide bonds. The number of pyridine rings is 1. The number of nitrogens with one attached hydrogen (secondary N) is 1. The van der Waals surface area contributed by atoms with E-state index in [0.717, 1.165) is 4.90 Å². The second-order valence-corrected chi connectivity index (χ2v) is 8.04. The molecule has 0 saturated heterocycles. The van der Waals surface area contributed by atoms with Gasteiger partial charge in [-0.25, -0.2) is 5.48 Å². The molecule has 2 heterocycles. The number of ether oxygens (including phenoxy) is 3. The Labute approximate surface area is 208 Å². The van der Waals surface area contributed by atoms with Gasteiger partial charge in [0.05, 0.1) is 32.9 Å². The fraction of sp³-hybridized carbons (Fsp3) is 0.360. The van der Waals surface area contributed by atoms with Crippen molar-refractivity contribution >= 4 is 17.6 Å². The van der Waals surface area contributed by atoms with Gasteiger partial charge in [-0.3, -0.25) is 24.6 Å². The third-order valence-electron chi connectivity index (χ3n) is 6.01. The van der Waals surface area contributed by atoms with Gasteiger partial charge in [0.1, 0.15) is 6.04 Å². The van der Waals surface area contributed by atoms with Gasteiger partial charge in [0.15, 0.2) is 23.0 Å². The molecule has 0 spiro atoms. The van der Waals surface area contributed by atoms with Crippen LogP contribution in [0.5, 0.6) is 17.2 Å². The summed E-state index contributed by atoms with van der Waals surface area (Å²) in [5.74, 6) is -2.40. The van der Waals surface area contributed by atoms with Gasteiger partial charge in [0.25, 0.3) is 11.8 Å². The van der Waals surface area contributed by atoms with E-state index < -0.39 is 35.4 Å². The monoisotopic (exact) mass is 499 g/mol. The highest BCUT2D eigenvalue weighted by Gasteiger charge is 2.48. The number of hydrogen-bond acceptors (Lipinski definition) is 9. The van der Waals surface area contributed by atoms with E-state index in [9.17, 15) is 24.7 Å². The first-order chi connectivity index (χ1) is 17.3. The Morgan fingerprint density at radius 2 is 1.72 bits per heavy atom. The van der Waals surface area contributed by atoms with E-state index >= 15 is 0 Å². The van der Waals surface area contributed by atoms with E-state index in [1.165, 1.54) is 45.9 Å². The predicted molar refractivity (Wildman–Crippen MR) is 127 cm³/mol. The van der Waals surface area contributed by atoms with Crippen LogP contribution in [0, 0.1) is 0 Å². The number of aliphatic hydroxyl groups excluding tert-OH is 1. The number of aliphatic hydroxyl groups is 1. The fourth-order valence-corrected chi connectivity index (χ4v) is 4.29. The summed E-state index contributed by atoms with van der Waals surface area (Å²) >= 11 is 0. The standard InChI is InChI=1S/C25H29N3O8/c1-5-6-7-16(24(31)27-33)28-20(15-12-17(34-2)23(36-4)18(13-15)35-3)19(22(30)25(28)32)21(29)14-8-10-26-11-9-14/h8-13,16,20,30,33H,5-7H2,1-4H3,(H,27,31). The van der Waals surface area contributed by atoms with Crippen molar-refractivity contribution in [1.29, 1.82) is 0 Å². The quantitative estimate of drug-likeness (QED) is 0.241. The topological polar surface area (TPSA) is 148 Å². The first-order valence-corrected chi connectivity index (χ1v) is 11.3. The van der Waals surface area contributed by atoms with Gasteiger partial charge in [0, 0.05) is 18.0 Å². The van der Waals surface area contributed by atoms with Crippen molar-refractivity contribution in [3.8, 4) is 17.2 Å². The molecule has 1 aromatic carbocycles. The summed E-state index contributed by atoms with van der Waals surface area (Å²) in [4.78, 5) is 44.7. The van der Waals surface area contributed by atoms with Gasteiger partial charge in [-0.15, -0.1) is 0 Å². The number of amides is 2. The van der Waals surface area contributed by atoms with Crippen LogP contribution in [0.2, 0.25) is 0 Å². The lowest BCUT2D eigenvalue weighted by atomic mass is 9.91. The normalized spacial score (nSPS) is 16.1. The molecule has 2 unspecified atom stereocenters. The van der Waals surface area contributed by atoms with Gasteiger partial charge >= 0.3 is 0 Å².